The van der Waals surface area contributed by atoms with E-state index in [1.807, 2.05) is 97.7 Å². The van der Waals surface area contributed by atoms with Crippen molar-refractivity contribution < 1.29 is 28.6 Å². The third kappa shape index (κ3) is 11.2. The molecule has 0 saturated carbocycles. The van der Waals surface area contributed by atoms with Gasteiger partial charge in [-0.1, -0.05) is 96.5 Å². The number of rotatable bonds is 10. The summed E-state index contributed by atoms with van der Waals surface area (Å²) in [5.74, 6) is -2.37. The first-order valence-corrected chi connectivity index (χ1v) is 16.1. The van der Waals surface area contributed by atoms with Crippen LogP contribution in [0.15, 0.2) is 115 Å². The molecule has 13 heteroatoms. The summed E-state index contributed by atoms with van der Waals surface area (Å²) in [5.41, 5.74) is 5.88. The largest absolute Gasteiger partial charge is 0.473 e. The number of aromatic nitrogens is 4. The predicted octanol–water partition coefficient (Wildman–Crippen LogP) is 6.72. The highest BCUT2D eigenvalue weighted by Gasteiger charge is 2.17. The molecule has 0 amide bonds. The van der Waals surface area contributed by atoms with Crippen molar-refractivity contribution in [1.82, 2.24) is 29.7 Å². The molecular weight excluding hydrogens is 678 g/mol. The Labute approximate surface area is 299 Å². The maximum Gasteiger partial charge on any atom is 0.414 e. The number of halogens is 3. The molecule has 4 N–H and O–H groups in total. The monoisotopic (exact) mass is 714 g/mol. The molecule has 2 aromatic heterocycles. The van der Waals surface area contributed by atoms with Gasteiger partial charge in [-0.3, -0.25) is 0 Å². The fraction of sp³-hybridized carbons (Fsp3) is 0.158. The third-order valence-corrected chi connectivity index (χ3v) is 7.69. The molecule has 0 spiro atoms. The van der Waals surface area contributed by atoms with E-state index in [1.54, 1.807) is 12.1 Å². The van der Waals surface area contributed by atoms with Crippen LogP contribution in [-0.4, -0.2) is 55.3 Å². The van der Waals surface area contributed by atoms with Crippen LogP contribution in [0.5, 0.6) is 0 Å². The van der Waals surface area contributed by atoms with Crippen LogP contribution in [0.1, 0.15) is 22.5 Å². The Morgan fingerprint density at radius 1 is 0.667 bits per heavy atom. The number of benzene rings is 4. The summed E-state index contributed by atoms with van der Waals surface area (Å²) in [6, 6.07) is 33.0. The van der Waals surface area contributed by atoms with Gasteiger partial charge in [-0.2, -0.15) is 0 Å². The van der Waals surface area contributed by atoms with Gasteiger partial charge in [0.05, 0.1) is 17.9 Å². The lowest BCUT2D eigenvalue weighted by atomic mass is 10.2. The number of carboxylic acids is 2. The third-order valence-electron chi connectivity index (χ3n) is 7.27. The van der Waals surface area contributed by atoms with Gasteiger partial charge in [-0.05, 0) is 49.5 Å². The Hall–Kier alpha value is -5.69. The zero-order valence-electron chi connectivity index (χ0n) is 27.9. The van der Waals surface area contributed by atoms with Crippen molar-refractivity contribution in [2.75, 3.05) is 14.1 Å². The Bertz CT molecular complexity index is 1990. The molecule has 4 aromatic carbocycles. The number of hydrogen-bond acceptors (Lipinski definition) is 6. The molecule has 0 unspecified atom stereocenters. The Morgan fingerprint density at radius 2 is 1.14 bits per heavy atom. The molecule has 6 rings (SSSR count). The first kappa shape index (κ1) is 38.1. The van der Waals surface area contributed by atoms with Crippen molar-refractivity contribution in [3.8, 4) is 22.8 Å². The van der Waals surface area contributed by atoms with Crippen LogP contribution in [0, 0.1) is 11.6 Å². The van der Waals surface area contributed by atoms with Gasteiger partial charge in [0.2, 0.25) is 0 Å². The topological polar surface area (TPSA) is 134 Å². The quantitative estimate of drug-likeness (QED) is 0.115. The molecule has 10 nitrogen and oxygen atoms in total. The van der Waals surface area contributed by atoms with Crippen molar-refractivity contribution in [1.29, 1.82) is 0 Å². The molecule has 0 aliphatic carbocycles. The Balaban J connectivity index is 0.000000198. The fourth-order valence-electron chi connectivity index (χ4n) is 4.95. The SMILES string of the molecule is CNCc1cn(Cc2ccc(F)cc2)c(-c2ccccc2)n1.CNCc1nc(-c2ccccc2)n(Cc2ccc(F)cc2)c1Cl.O=C(O)C(=O)O. The molecule has 264 valence electrons. The van der Waals surface area contributed by atoms with Gasteiger partial charge in [-0.25, -0.2) is 28.3 Å². The van der Waals surface area contributed by atoms with E-state index >= 15 is 0 Å². The van der Waals surface area contributed by atoms with Crippen molar-refractivity contribution in [3.05, 3.63) is 155 Å². The average molecular weight is 715 g/mol. The second-order valence-corrected chi connectivity index (χ2v) is 11.5. The number of carbonyl (C=O) groups is 2. The standard InChI is InChI=1S/C18H17ClFN3.C18H18FN3.C2H2O4/c1-21-11-16-17(19)23(12-13-7-9-15(20)10-8-13)18(22-16)14-5-3-2-4-6-14;1-20-11-17-13-22(12-14-7-9-16(19)10-8-14)18(21-17)15-5-3-2-4-6-15;3-1(4)2(5)6/h2-10,21H,11-12H2,1H3;2-10,13,20H,11-12H2,1H3;(H,3,4)(H,5,6). The smallest absolute Gasteiger partial charge is 0.414 e. The van der Waals surface area contributed by atoms with Crippen LogP contribution in [0.25, 0.3) is 22.8 Å². The van der Waals surface area contributed by atoms with E-state index in [4.69, 9.17) is 36.4 Å². The van der Waals surface area contributed by atoms with Crippen LogP contribution >= 0.6 is 11.6 Å². The van der Waals surface area contributed by atoms with Gasteiger partial charge in [-0.15, -0.1) is 0 Å². The van der Waals surface area contributed by atoms with E-state index in [0.29, 0.717) is 24.8 Å². The van der Waals surface area contributed by atoms with E-state index in [0.717, 1.165) is 51.8 Å². The van der Waals surface area contributed by atoms with Crippen LogP contribution in [0.3, 0.4) is 0 Å². The summed E-state index contributed by atoms with van der Waals surface area (Å²) >= 11 is 6.53. The first-order valence-electron chi connectivity index (χ1n) is 15.8. The summed E-state index contributed by atoms with van der Waals surface area (Å²) < 4.78 is 30.2. The zero-order valence-corrected chi connectivity index (χ0v) is 28.7. The van der Waals surface area contributed by atoms with E-state index in [9.17, 15) is 8.78 Å². The van der Waals surface area contributed by atoms with E-state index < -0.39 is 11.9 Å². The van der Waals surface area contributed by atoms with E-state index in [-0.39, 0.29) is 11.6 Å². The van der Waals surface area contributed by atoms with Crippen molar-refractivity contribution in [2.24, 2.45) is 0 Å². The molecule has 0 fully saturated rings. The maximum atomic E-state index is 13.1. The van der Waals surface area contributed by atoms with Gasteiger partial charge in [0.1, 0.15) is 28.4 Å². The lowest BCUT2D eigenvalue weighted by Gasteiger charge is -2.09. The highest BCUT2D eigenvalue weighted by molar-refractivity contribution is 6.30. The molecule has 2 heterocycles. The summed E-state index contributed by atoms with van der Waals surface area (Å²) in [6.07, 6.45) is 2.04. The molecule has 0 radical (unpaired) electrons. The summed E-state index contributed by atoms with van der Waals surface area (Å²) in [4.78, 5) is 27.6. The number of hydrogen-bond donors (Lipinski definition) is 4. The molecule has 0 aliphatic heterocycles. The number of imidazole rings is 2. The molecular formula is C38H37ClF2N6O4. The second-order valence-electron chi connectivity index (χ2n) is 11.1. The lowest BCUT2D eigenvalue weighted by Crippen LogP contribution is -2.09. The minimum atomic E-state index is -1.82. The average Bonchev–Trinajstić information content (AvgIpc) is 3.68. The minimum Gasteiger partial charge on any atom is -0.473 e. The molecule has 0 bridgehead atoms. The van der Waals surface area contributed by atoms with Crippen molar-refractivity contribution in [2.45, 2.75) is 26.2 Å². The highest BCUT2D eigenvalue weighted by Crippen LogP contribution is 2.27. The normalized spacial score (nSPS) is 10.5. The van der Waals surface area contributed by atoms with E-state index in [1.165, 1.54) is 24.3 Å². The molecule has 0 atom stereocenters. The first-order chi connectivity index (χ1) is 24.6. The summed E-state index contributed by atoms with van der Waals surface area (Å²) in [5, 5.41) is 21.6. The van der Waals surface area contributed by atoms with Gasteiger partial charge >= 0.3 is 11.9 Å². The lowest BCUT2D eigenvalue weighted by molar-refractivity contribution is -0.159. The van der Waals surface area contributed by atoms with Crippen LogP contribution in [-0.2, 0) is 35.8 Å². The maximum absolute atomic E-state index is 13.1. The minimum absolute atomic E-state index is 0.214. The summed E-state index contributed by atoms with van der Waals surface area (Å²) in [7, 11) is 3.76. The molecule has 0 saturated heterocycles. The van der Waals surface area contributed by atoms with Crippen LogP contribution in [0.4, 0.5) is 8.78 Å². The second kappa shape index (κ2) is 18.9. The van der Waals surface area contributed by atoms with Crippen LogP contribution in [0.2, 0.25) is 5.15 Å². The fourth-order valence-corrected chi connectivity index (χ4v) is 5.20. The Kier molecular flexibility index (Phi) is 14.1. The van der Waals surface area contributed by atoms with Gasteiger partial charge in [0.15, 0.2) is 0 Å². The van der Waals surface area contributed by atoms with E-state index in [2.05, 4.69) is 20.2 Å². The number of aliphatic carboxylic acids is 2. The number of nitrogens with zero attached hydrogens (tertiary/aromatic N) is 4. The van der Waals surface area contributed by atoms with Gasteiger partial charge < -0.3 is 30.0 Å². The molecule has 0 aliphatic rings. The zero-order chi connectivity index (χ0) is 36.8. The highest BCUT2D eigenvalue weighted by atomic mass is 35.5. The molecule has 6 aromatic rings. The van der Waals surface area contributed by atoms with Crippen molar-refractivity contribution >= 4 is 23.5 Å². The van der Waals surface area contributed by atoms with Crippen molar-refractivity contribution in [3.63, 3.8) is 0 Å². The number of carboxylic acid groups (broad SMARTS) is 2. The number of nitrogens with one attached hydrogen (secondary N) is 2. The summed E-state index contributed by atoms with van der Waals surface area (Å²) in [6.45, 7) is 2.52. The predicted molar refractivity (Wildman–Crippen MR) is 192 cm³/mol. The molecule has 51 heavy (non-hydrogen) atoms. The van der Waals surface area contributed by atoms with Gasteiger partial charge in [0.25, 0.3) is 0 Å². The Morgan fingerprint density at radius 3 is 1.61 bits per heavy atom. The van der Waals surface area contributed by atoms with Crippen LogP contribution < -0.4 is 10.6 Å². The van der Waals surface area contributed by atoms with Gasteiger partial charge in [0, 0.05) is 37.0 Å².